The molecule has 0 bridgehead atoms. The molecule has 1 aliphatic rings. The molecule has 20 heavy (non-hydrogen) atoms. The molecule has 110 valence electrons. The topological polar surface area (TPSA) is 45.2 Å². The summed E-state index contributed by atoms with van der Waals surface area (Å²) in [6.07, 6.45) is 4.85. The summed E-state index contributed by atoms with van der Waals surface area (Å²) in [6.45, 7) is 4.00. The van der Waals surface area contributed by atoms with Crippen LogP contribution in [0, 0.1) is 0 Å². The van der Waals surface area contributed by atoms with Gasteiger partial charge < -0.3 is 10.2 Å². The zero-order valence-electron chi connectivity index (χ0n) is 11.4. The van der Waals surface area contributed by atoms with Crippen molar-refractivity contribution in [3.63, 3.8) is 0 Å². The second-order valence-corrected chi connectivity index (χ2v) is 5.77. The molecule has 1 aromatic rings. The van der Waals surface area contributed by atoms with Gasteiger partial charge in [0.05, 0.1) is 5.02 Å². The first-order chi connectivity index (χ1) is 9.66. The molecule has 1 amide bonds. The van der Waals surface area contributed by atoms with Crippen molar-refractivity contribution in [2.24, 2.45) is 0 Å². The van der Waals surface area contributed by atoms with E-state index in [1.165, 1.54) is 32.4 Å². The number of pyridine rings is 1. The van der Waals surface area contributed by atoms with E-state index in [2.05, 4.69) is 15.2 Å². The molecule has 2 heterocycles. The number of hydrogen-bond donors (Lipinski definition) is 1. The van der Waals surface area contributed by atoms with Crippen molar-refractivity contribution in [2.45, 2.75) is 25.7 Å². The predicted molar refractivity (Wildman–Crippen MR) is 81.5 cm³/mol. The monoisotopic (exact) mass is 315 g/mol. The Balaban J connectivity index is 1.73. The summed E-state index contributed by atoms with van der Waals surface area (Å²) >= 11 is 11.7. The highest BCUT2D eigenvalue weighted by molar-refractivity contribution is 6.34. The highest BCUT2D eigenvalue weighted by atomic mass is 35.5. The van der Waals surface area contributed by atoms with E-state index in [1.54, 1.807) is 12.1 Å². The fourth-order valence-corrected chi connectivity index (χ4v) is 2.69. The summed E-state index contributed by atoms with van der Waals surface area (Å²) in [7, 11) is 0. The maximum Gasteiger partial charge on any atom is 0.271 e. The van der Waals surface area contributed by atoms with E-state index >= 15 is 0 Å². The highest BCUT2D eigenvalue weighted by Crippen LogP contribution is 2.16. The molecule has 0 aromatic carbocycles. The lowest BCUT2D eigenvalue weighted by molar-refractivity contribution is 0.0946. The number of likely N-dealkylation sites (tertiary alicyclic amines) is 1. The number of carbonyl (C=O) groups is 1. The number of nitrogens with zero attached hydrogens (tertiary/aromatic N) is 2. The molecule has 1 saturated heterocycles. The average molecular weight is 316 g/mol. The Hall–Kier alpha value is -0.840. The van der Waals surface area contributed by atoms with Crippen LogP contribution >= 0.6 is 23.2 Å². The molecule has 0 aliphatic carbocycles. The average Bonchev–Trinajstić information content (AvgIpc) is 2.47. The number of amides is 1. The molecule has 0 unspecified atom stereocenters. The predicted octanol–water partition coefficient (Wildman–Crippen LogP) is 2.99. The number of piperidine rings is 1. The molecule has 0 atom stereocenters. The lowest BCUT2D eigenvalue weighted by Crippen LogP contribution is -2.33. The highest BCUT2D eigenvalue weighted by Gasteiger charge is 2.13. The van der Waals surface area contributed by atoms with Crippen LogP contribution in [0.1, 0.15) is 36.2 Å². The first-order valence-corrected chi connectivity index (χ1v) is 7.75. The van der Waals surface area contributed by atoms with Crippen molar-refractivity contribution in [1.82, 2.24) is 15.2 Å². The lowest BCUT2D eigenvalue weighted by Gasteiger charge is -2.26. The number of aromatic nitrogens is 1. The van der Waals surface area contributed by atoms with Gasteiger partial charge in [-0.2, -0.15) is 0 Å². The van der Waals surface area contributed by atoms with Crippen LogP contribution < -0.4 is 5.32 Å². The van der Waals surface area contributed by atoms with Gasteiger partial charge in [-0.3, -0.25) is 4.79 Å². The van der Waals surface area contributed by atoms with Crippen LogP contribution in [0.2, 0.25) is 10.2 Å². The molecule has 0 saturated carbocycles. The quantitative estimate of drug-likeness (QED) is 0.671. The van der Waals surface area contributed by atoms with Crippen molar-refractivity contribution >= 4 is 29.1 Å². The number of carbonyl (C=O) groups excluding carboxylic acids is 1. The molecule has 1 aliphatic heterocycles. The van der Waals surface area contributed by atoms with E-state index in [4.69, 9.17) is 23.2 Å². The smallest absolute Gasteiger partial charge is 0.271 e. The first kappa shape index (κ1) is 15.5. The number of nitrogens with one attached hydrogen (secondary N) is 1. The normalized spacial score (nSPS) is 16.1. The number of hydrogen-bond acceptors (Lipinski definition) is 3. The van der Waals surface area contributed by atoms with E-state index in [1.807, 2.05) is 0 Å². The Morgan fingerprint density at radius 3 is 2.75 bits per heavy atom. The van der Waals surface area contributed by atoms with Gasteiger partial charge >= 0.3 is 0 Å². The van der Waals surface area contributed by atoms with Gasteiger partial charge in [0.1, 0.15) is 10.8 Å². The standard InChI is InChI=1S/C14H19Cl2N3O/c15-11-5-6-12(16)18-13(11)14(20)17-7-4-10-19-8-2-1-3-9-19/h5-6H,1-4,7-10H2,(H,17,20). The van der Waals surface area contributed by atoms with Crippen molar-refractivity contribution in [2.75, 3.05) is 26.2 Å². The fourth-order valence-electron chi connectivity index (χ4n) is 2.35. The van der Waals surface area contributed by atoms with Gasteiger partial charge in [0, 0.05) is 6.54 Å². The van der Waals surface area contributed by atoms with E-state index in [-0.39, 0.29) is 16.8 Å². The first-order valence-electron chi connectivity index (χ1n) is 6.99. The lowest BCUT2D eigenvalue weighted by atomic mass is 10.1. The molecule has 6 heteroatoms. The number of rotatable bonds is 5. The van der Waals surface area contributed by atoms with Crippen molar-refractivity contribution in [1.29, 1.82) is 0 Å². The largest absolute Gasteiger partial charge is 0.351 e. The summed E-state index contributed by atoms with van der Waals surface area (Å²) in [5.41, 5.74) is 0.192. The molecular formula is C14H19Cl2N3O. The summed E-state index contributed by atoms with van der Waals surface area (Å²) in [6, 6.07) is 3.15. The van der Waals surface area contributed by atoms with Crippen LogP contribution in [0.4, 0.5) is 0 Å². The van der Waals surface area contributed by atoms with Gasteiger partial charge in [-0.15, -0.1) is 0 Å². The SMILES string of the molecule is O=C(NCCCN1CCCCC1)c1nc(Cl)ccc1Cl. The maximum absolute atomic E-state index is 11.9. The van der Waals surface area contributed by atoms with Gasteiger partial charge in [0.25, 0.3) is 5.91 Å². The molecule has 4 nitrogen and oxygen atoms in total. The minimum absolute atomic E-state index is 0.192. The van der Waals surface area contributed by atoms with E-state index in [9.17, 15) is 4.79 Å². The number of halogens is 2. The molecule has 0 spiro atoms. The van der Waals surface area contributed by atoms with Crippen molar-refractivity contribution < 1.29 is 4.79 Å². The molecule has 1 aromatic heterocycles. The minimum Gasteiger partial charge on any atom is -0.351 e. The van der Waals surface area contributed by atoms with E-state index in [0.29, 0.717) is 11.6 Å². The molecule has 1 fully saturated rings. The third kappa shape index (κ3) is 4.62. The van der Waals surface area contributed by atoms with Crippen LogP contribution in [0.25, 0.3) is 0 Å². The maximum atomic E-state index is 11.9. The Bertz CT molecular complexity index is 462. The Kier molecular flexibility index (Phi) is 6.07. The summed E-state index contributed by atoms with van der Waals surface area (Å²) in [4.78, 5) is 18.3. The third-order valence-electron chi connectivity index (χ3n) is 3.41. The minimum atomic E-state index is -0.267. The van der Waals surface area contributed by atoms with Gasteiger partial charge in [0.2, 0.25) is 0 Å². The fraction of sp³-hybridized carbons (Fsp3) is 0.571. The zero-order valence-corrected chi connectivity index (χ0v) is 12.9. The van der Waals surface area contributed by atoms with Gasteiger partial charge in [-0.1, -0.05) is 29.6 Å². The van der Waals surface area contributed by atoms with Gasteiger partial charge in [0.15, 0.2) is 0 Å². The molecular weight excluding hydrogens is 297 g/mol. The van der Waals surface area contributed by atoms with E-state index in [0.717, 1.165) is 13.0 Å². The van der Waals surface area contributed by atoms with Crippen LogP contribution in [0.15, 0.2) is 12.1 Å². The summed E-state index contributed by atoms with van der Waals surface area (Å²) in [5.74, 6) is -0.267. The van der Waals surface area contributed by atoms with Crippen molar-refractivity contribution in [3.8, 4) is 0 Å². The van der Waals surface area contributed by atoms with Crippen LogP contribution in [-0.2, 0) is 0 Å². The van der Waals surface area contributed by atoms with Crippen LogP contribution in [-0.4, -0.2) is 42.0 Å². The zero-order chi connectivity index (χ0) is 14.4. The second-order valence-electron chi connectivity index (χ2n) is 4.98. The van der Waals surface area contributed by atoms with Crippen LogP contribution in [0.3, 0.4) is 0 Å². The van der Waals surface area contributed by atoms with Crippen molar-refractivity contribution in [3.05, 3.63) is 28.0 Å². The second kappa shape index (κ2) is 7.81. The Morgan fingerprint density at radius 2 is 2.00 bits per heavy atom. The van der Waals surface area contributed by atoms with Crippen LogP contribution in [0.5, 0.6) is 0 Å². The summed E-state index contributed by atoms with van der Waals surface area (Å²) in [5, 5.41) is 3.43. The molecule has 1 N–H and O–H groups in total. The third-order valence-corrected chi connectivity index (χ3v) is 3.93. The Morgan fingerprint density at radius 1 is 1.25 bits per heavy atom. The molecule has 2 rings (SSSR count). The van der Waals surface area contributed by atoms with Gasteiger partial charge in [-0.05, 0) is 51.0 Å². The van der Waals surface area contributed by atoms with E-state index < -0.39 is 0 Å². The molecule has 0 radical (unpaired) electrons. The Labute approximate surface area is 129 Å². The summed E-state index contributed by atoms with van der Waals surface area (Å²) < 4.78 is 0. The van der Waals surface area contributed by atoms with Gasteiger partial charge in [-0.25, -0.2) is 4.98 Å².